The molecule has 0 radical (unpaired) electrons. The molecule has 0 aliphatic rings. The molecule has 0 aromatic heterocycles. The van der Waals surface area contributed by atoms with Crippen LogP contribution in [0, 0.1) is 0 Å². The average Bonchev–Trinajstić information content (AvgIpc) is 3.18. The van der Waals surface area contributed by atoms with E-state index in [9.17, 15) is 19.8 Å². The van der Waals surface area contributed by atoms with Gasteiger partial charge < -0.3 is 20.3 Å². The van der Waals surface area contributed by atoms with Gasteiger partial charge in [-0.1, -0.05) is 198 Å². The van der Waals surface area contributed by atoms with E-state index < -0.39 is 18.2 Å². The molecule has 0 aliphatic carbocycles. The maximum Gasteiger partial charge on any atom is 0.306 e. The van der Waals surface area contributed by atoms with Crippen molar-refractivity contribution in [1.82, 2.24) is 5.32 Å². The summed E-state index contributed by atoms with van der Waals surface area (Å²) in [6.07, 6.45) is 50.4. The van der Waals surface area contributed by atoms with Gasteiger partial charge in [0.05, 0.1) is 25.2 Å². The van der Waals surface area contributed by atoms with Gasteiger partial charge in [-0.3, -0.25) is 9.59 Å². The molecule has 0 heterocycles. The maximum atomic E-state index is 13.1. The summed E-state index contributed by atoms with van der Waals surface area (Å²) in [7, 11) is 0. The van der Waals surface area contributed by atoms with Crippen LogP contribution in [0.5, 0.6) is 0 Å². The van der Waals surface area contributed by atoms with E-state index in [1.54, 1.807) is 0 Å². The molecule has 55 heavy (non-hydrogen) atoms. The number of aliphatic hydroxyl groups excluding tert-OH is 2. The van der Waals surface area contributed by atoms with Gasteiger partial charge >= 0.3 is 5.97 Å². The number of allylic oxidation sites excluding steroid dienone is 8. The summed E-state index contributed by atoms with van der Waals surface area (Å²) >= 11 is 0. The Morgan fingerprint density at radius 2 is 0.982 bits per heavy atom. The fourth-order valence-corrected chi connectivity index (χ4v) is 6.89. The summed E-state index contributed by atoms with van der Waals surface area (Å²) in [6.45, 7) is 6.32. The van der Waals surface area contributed by atoms with E-state index in [2.05, 4.69) is 74.7 Å². The Morgan fingerprint density at radius 3 is 1.47 bits per heavy atom. The monoisotopic (exact) mass is 772 g/mol. The normalized spacial score (nSPS) is 13.8. The number of carbonyl (C=O) groups excluding carboxylic acids is 2. The fraction of sp³-hybridized carbons (Fsp3) is 0.796. The molecular weight excluding hydrogens is 683 g/mol. The molecule has 0 saturated heterocycles. The van der Waals surface area contributed by atoms with Crippen LogP contribution < -0.4 is 5.32 Å². The molecule has 0 saturated carbocycles. The maximum absolute atomic E-state index is 13.1. The van der Waals surface area contributed by atoms with Gasteiger partial charge in [-0.2, -0.15) is 0 Å². The number of rotatable bonds is 41. The minimum absolute atomic E-state index is 0.0648. The zero-order valence-corrected chi connectivity index (χ0v) is 36.3. The van der Waals surface area contributed by atoms with Crippen LogP contribution >= 0.6 is 0 Å². The highest BCUT2D eigenvalue weighted by atomic mass is 16.5. The summed E-state index contributed by atoms with van der Waals surface area (Å²) in [6, 6.07) is -0.704. The van der Waals surface area contributed by atoms with Gasteiger partial charge in [0, 0.05) is 6.42 Å². The molecule has 3 N–H and O–H groups in total. The first-order chi connectivity index (χ1) is 27.0. The van der Waals surface area contributed by atoms with Crippen molar-refractivity contribution in [3.05, 3.63) is 48.6 Å². The van der Waals surface area contributed by atoms with Crippen molar-refractivity contribution in [2.24, 2.45) is 0 Å². The van der Waals surface area contributed by atoms with Crippen LogP contribution in [-0.4, -0.2) is 46.9 Å². The third kappa shape index (κ3) is 38.5. The van der Waals surface area contributed by atoms with Gasteiger partial charge in [-0.15, -0.1) is 0 Å². The van der Waals surface area contributed by atoms with Gasteiger partial charge in [-0.05, 0) is 64.2 Å². The van der Waals surface area contributed by atoms with E-state index in [4.69, 9.17) is 4.74 Å². The molecule has 0 aliphatic heterocycles. The van der Waals surface area contributed by atoms with Crippen LogP contribution in [0.1, 0.15) is 226 Å². The van der Waals surface area contributed by atoms with E-state index in [1.807, 2.05) is 0 Å². The van der Waals surface area contributed by atoms with Gasteiger partial charge in [0.2, 0.25) is 5.91 Å². The number of carbonyl (C=O) groups is 2. The second-order valence-electron chi connectivity index (χ2n) is 15.8. The number of unbranched alkanes of at least 4 members (excludes halogenated alkanes) is 21. The molecule has 6 nitrogen and oxygen atoms in total. The van der Waals surface area contributed by atoms with Crippen molar-refractivity contribution in [2.45, 2.75) is 244 Å². The molecule has 1 amide bonds. The minimum atomic E-state index is -0.789. The molecule has 6 heteroatoms. The zero-order chi connectivity index (χ0) is 40.3. The van der Waals surface area contributed by atoms with Gasteiger partial charge in [0.1, 0.15) is 6.10 Å². The highest BCUT2D eigenvalue weighted by Crippen LogP contribution is 2.17. The van der Waals surface area contributed by atoms with Gasteiger partial charge in [0.25, 0.3) is 0 Å². The predicted octanol–water partition coefficient (Wildman–Crippen LogP) is 13.5. The lowest BCUT2D eigenvalue weighted by Gasteiger charge is -2.24. The molecule has 320 valence electrons. The van der Waals surface area contributed by atoms with Crippen LogP contribution in [0.4, 0.5) is 0 Å². The number of esters is 1. The fourth-order valence-electron chi connectivity index (χ4n) is 6.89. The van der Waals surface area contributed by atoms with E-state index in [0.717, 1.165) is 89.9 Å². The summed E-state index contributed by atoms with van der Waals surface area (Å²) < 4.78 is 5.86. The largest absolute Gasteiger partial charge is 0.462 e. The number of hydrogen-bond donors (Lipinski definition) is 3. The number of aliphatic hydroxyl groups is 2. The van der Waals surface area contributed by atoms with Crippen LogP contribution in [0.2, 0.25) is 0 Å². The summed E-state index contributed by atoms with van der Waals surface area (Å²) in [5, 5.41) is 23.6. The third-order valence-corrected chi connectivity index (χ3v) is 10.4. The van der Waals surface area contributed by atoms with Gasteiger partial charge in [-0.25, -0.2) is 0 Å². The molecule has 0 spiro atoms. The van der Waals surface area contributed by atoms with E-state index >= 15 is 0 Å². The first-order valence-electron chi connectivity index (χ1n) is 23.4. The SMILES string of the molecule is CC/C=C/C/C=C/C/C=C/C/C=C/CCCCCC(=O)OC(CCCCCCCCC)CC(=O)NC(CO)C(O)CCCCCCCCCCCCCCC. The second kappa shape index (κ2) is 43.0. The standard InChI is InChI=1S/C49H89NO5/c1-4-7-10-13-16-18-20-22-23-24-26-28-30-33-36-39-42-49(54)55-45(40-37-34-31-15-12-9-6-3)43-48(53)50-46(44-51)47(52)41-38-35-32-29-27-25-21-19-17-14-11-8-5-2/h7,10,16,18,22-23,26,28,45-47,51-52H,4-6,8-9,11-15,17,19-21,24-25,27,29-44H2,1-3H3,(H,50,53)/b10-7+,18-16+,23-22+,28-26+. The molecule has 0 bridgehead atoms. The number of hydrogen-bond acceptors (Lipinski definition) is 5. The molecule has 0 aromatic carbocycles. The lowest BCUT2D eigenvalue weighted by Crippen LogP contribution is -2.46. The number of nitrogens with one attached hydrogen (secondary N) is 1. The molecule has 3 atom stereocenters. The number of ether oxygens (including phenoxy) is 1. The van der Waals surface area contributed by atoms with Crippen LogP contribution in [0.25, 0.3) is 0 Å². The Balaban J connectivity index is 4.47. The molecule has 0 rings (SSSR count). The predicted molar refractivity (Wildman–Crippen MR) is 236 cm³/mol. The Bertz CT molecular complexity index is 957. The summed E-state index contributed by atoms with van der Waals surface area (Å²) in [5.74, 6) is -0.514. The first kappa shape index (κ1) is 52.8. The van der Waals surface area contributed by atoms with E-state index in [0.29, 0.717) is 19.3 Å². The van der Waals surface area contributed by atoms with Crippen molar-refractivity contribution in [3.63, 3.8) is 0 Å². The Kier molecular flexibility index (Phi) is 41.2. The Morgan fingerprint density at radius 1 is 0.545 bits per heavy atom. The van der Waals surface area contributed by atoms with Crippen molar-refractivity contribution in [3.8, 4) is 0 Å². The minimum Gasteiger partial charge on any atom is -0.462 e. The lowest BCUT2D eigenvalue weighted by molar-refractivity contribution is -0.151. The van der Waals surface area contributed by atoms with Crippen LogP contribution in [-0.2, 0) is 14.3 Å². The van der Waals surface area contributed by atoms with Crippen molar-refractivity contribution >= 4 is 11.9 Å². The smallest absolute Gasteiger partial charge is 0.306 e. The first-order valence-corrected chi connectivity index (χ1v) is 23.4. The zero-order valence-electron chi connectivity index (χ0n) is 36.3. The van der Waals surface area contributed by atoms with Crippen molar-refractivity contribution in [1.29, 1.82) is 0 Å². The average molecular weight is 772 g/mol. The topological polar surface area (TPSA) is 95.9 Å². The highest BCUT2D eigenvalue weighted by Gasteiger charge is 2.24. The van der Waals surface area contributed by atoms with Crippen molar-refractivity contribution in [2.75, 3.05) is 6.61 Å². The molecule has 3 unspecified atom stereocenters. The lowest BCUT2D eigenvalue weighted by atomic mass is 10.0. The Hall–Kier alpha value is -2.18. The third-order valence-electron chi connectivity index (χ3n) is 10.4. The number of amides is 1. The molecule has 0 fully saturated rings. The highest BCUT2D eigenvalue weighted by molar-refractivity contribution is 5.77. The van der Waals surface area contributed by atoms with Crippen LogP contribution in [0.3, 0.4) is 0 Å². The quantitative estimate of drug-likeness (QED) is 0.0327. The molecular formula is C49H89NO5. The summed E-state index contributed by atoms with van der Waals surface area (Å²) in [4.78, 5) is 25.9. The van der Waals surface area contributed by atoms with E-state index in [-0.39, 0.29) is 24.9 Å². The van der Waals surface area contributed by atoms with Gasteiger partial charge in [0.15, 0.2) is 0 Å². The Labute approximate surface area is 340 Å². The van der Waals surface area contributed by atoms with E-state index in [1.165, 1.54) is 89.9 Å². The summed E-state index contributed by atoms with van der Waals surface area (Å²) in [5.41, 5.74) is 0. The second-order valence-corrected chi connectivity index (χ2v) is 15.8. The van der Waals surface area contributed by atoms with Crippen molar-refractivity contribution < 1.29 is 24.5 Å². The molecule has 0 aromatic rings. The van der Waals surface area contributed by atoms with Crippen LogP contribution in [0.15, 0.2) is 48.6 Å².